The van der Waals surface area contributed by atoms with Gasteiger partial charge in [0.25, 0.3) is 0 Å². The van der Waals surface area contributed by atoms with Crippen molar-refractivity contribution in [3.05, 3.63) is 22.3 Å². The Morgan fingerprint density at radius 1 is 1.43 bits per heavy atom. The van der Waals surface area contributed by atoms with Gasteiger partial charge in [0.05, 0.1) is 5.92 Å². The molecule has 0 aromatic heterocycles. The maximum absolute atomic E-state index is 11.2. The Balaban J connectivity index is 2.35. The third-order valence-corrected chi connectivity index (χ3v) is 2.54. The van der Waals surface area contributed by atoms with Gasteiger partial charge >= 0.3 is 11.9 Å². The van der Waals surface area contributed by atoms with Crippen LogP contribution in [-0.4, -0.2) is 22.9 Å². The van der Waals surface area contributed by atoms with E-state index in [0.717, 1.165) is 0 Å². The molecule has 0 saturated carbocycles. The first-order chi connectivity index (χ1) is 6.61. The minimum atomic E-state index is -1.12. The lowest BCUT2D eigenvalue weighted by Crippen LogP contribution is -2.37. The molecule has 14 heavy (non-hydrogen) atoms. The summed E-state index contributed by atoms with van der Waals surface area (Å²) in [6.07, 6.45) is 3.25. The monoisotopic (exact) mass is 197 g/mol. The van der Waals surface area contributed by atoms with Crippen molar-refractivity contribution in [2.45, 2.75) is 12.5 Å². The Kier molecular flexibility index (Phi) is 1.83. The predicted octanol–water partition coefficient (Wildman–Crippen LogP) is -0.0926. The van der Waals surface area contributed by atoms with Crippen molar-refractivity contribution in [3.8, 4) is 0 Å². The summed E-state index contributed by atoms with van der Waals surface area (Å²) in [6.45, 7) is 0. The molecule has 3 atom stereocenters. The molecule has 0 radical (unpaired) electrons. The molecule has 1 aliphatic heterocycles. The highest BCUT2D eigenvalue weighted by molar-refractivity contribution is 5.97. The molecule has 3 unspecified atom stereocenters. The maximum atomic E-state index is 11.2. The van der Waals surface area contributed by atoms with Gasteiger partial charge in [0, 0.05) is 4.92 Å². The second-order valence-electron chi connectivity index (χ2n) is 3.31. The Morgan fingerprint density at radius 2 is 2.14 bits per heavy atom. The van der Waals surface area contributed by atoms with Crippen LogP contribution in [-0.2, 0) is 14.3 Å². The van der Waals surface area contributed by atoms with Gasteiger partial charge in [0.1, 0.15) is 5.92 Å². The Hall–Kier alpha value is -1.72. The van der Waals surface area contributed by atoms with Gasteiger partial charge in [-0.3, -0.25) is 19.7 Å². The van der Waals surface area contributed by atoms with Crippen LogP contribution in [0, 0.1) is 22.0 Å². The number of hydrogen-bond acceptors (Lipinski definition) is 5. The SMILES string of the molecule is O=C1OC(=O)C2C1CC=CC2[N+](=O)[O-]. The van der Waals surface area contributed by atoms with Crippen molar-refractivity contribution in [1.29, 1.82) is 0 Å². The van der Waals surface area contributed by atoms with Crippen LogP contribution in [0.4, 0.5) is 0 Å². The predicted molar refractivity (Wildman–Crippen MR) is 42.6 cm³/mol. The maximum Gasteiger partial charge on any atom is 0.324 e. The van der Waals surface area contributed by atoms with E-state index in [-0.39, 0.29) is 0 Å². The van der Waals surface area contributed by atoms with Crippen LogP contribution < -0.4 is 0 Å². The molecular weight excluding hydrogens is 190 g/mol. The summed E-state index contributed by atoms with van der Waals surface area (Å²) in [6, 6.07) is -1.12. The van der Waals surface area contributed by atoms with Gasteiger partial charge in [-0.1, -0.05) is 6.08 Å². The number of cyclic esters (lactones) is 2. The van der Waals surface area contributed by atoms with Crippen LogP contribution in [0.5, 0.6) is 0 Å². The molecule has 2 aliphatic rings. The number of nitro groups is 1. The first-order valence-electron chi connectivity index (χ1n) is 4.17. The first-order valence-corrected chi connectivity index (χ1v) is 4.17. The molecule has 0 aromatic carbocycles. The second kappa shape index (κ2) is 2.90. The van der Waals surface area contributed by atoms with Gasteiger partial charge in [0.2, 0.25) is 6.04 Å². The van der Waals surface area contributed by atoms with Gasteiger partial charge in [0.15, 0.2) is 0 Å². The van der Waals surface area contributed by atoms with Crippen LogP contribution >= 0.6 is 0 Å². The number of carbonyl (C=O) groups is 2. The van der Waals surface area contributed by atoms with Crippen molar-refractivity contribution in [1.82, 2.24) is 0 Å². The highest BCUT2D eigenvalue weighted by atomic mass is 16.6. The normalized spacial score (nSPS) is 35.3. The Bertz CT molecular complexity index is 348. The zero-order valence-corrected chi connectivity index (χ0v) is 7.08. The van der Waals surface area contributed by atoms with Crippen molar-refractivity contribution in [3.63, 3.8) is 0 Å². The van der Waals surface area contributed by atoms with E-state index in [1.54, 1.807) is 6.08 Å². The molecular formula is C8H7NO5. The quantitative estimate of drug-likeness (QED) is 0.193. The van der Waals surface area contributed by atoms with Gasteiger partial charge in [-0.15, -0.1) is 0 Å². The van der Waals surface area contributed by atoms with Crippen molar-refractivity contribution < 1.29 is 19.2 Å². The minimum Gasteiger partial charge on any atom is -0.392 e. The smallest absolute Gasteiger partial charge is 0.324 e. The van der Waals surface area contributed by atoms with Crippen LogP contribution in [0.15, 0.2) is 12.2 Å². The molecule has 1 saturated heterocycles. The van der Waals surface area contributed by atoms with E-state index in [2.05, 4.69) is 4.74 Å². The summed E-state index contributed by atoms with van der Waals surface area (Å²) in [4.78, 5) is 32.3. The van der Waals surface area contributed by atoms with E-state index in [9.17, 15) is 19.7 Å². The van der Waals surface area contributed by atoms with E-state index in [1.807, 2.05) is 0 Å². The average Bonchev–Trinajstić information content (AvgIpc) is 2.43. The first kappa shape index (κ1) is 8.86. The van der Waals surface area contributed by atoms with Gasteiger partial charge < -0.3 is 4.74 Å². The molecule has 0 N–H and O–H groups in total. The zero-order chi connectivity index (χ0) is 10.3. The summed E-state index contributed by atoms with van der Waals surface area (Å²) < 4.78 is 4.37. The fourth-order valence-corrected chi connectivity index (χ4v) is 1.86. The third-order valence-electron chi connectivity index (χ3n) is 2.54. The molecule has 74 valence electrons. The highest BCUT2D eigenvalue weighted by Gasteiger charge is 2.53. The number of esters is 2. The van der Waals surface area contributed by atoms with E-state index in [1.165, 1.54) is 6.08 Å². The number of fused-ring (bicyclic) bond motifs is 1. The van der Waals surface area contributed by atoms with Crippen LogP contribution in [0.1, 0.15) is 6.42 Å². The lowest BCUT2D eigenvalue weighted by Gasteiger charge is -2.17. The average molecular weight is 197 g/mol. The molecule has 1 fully saturated rings. The summed E-state index contributed by atoms with van der Waals surface area (Å²) >= 11 is 0. The number of nitrogens with zero attached hydrogens (tertiary/aromatic N) is 1. The van der Waals surface area contributed by atoms with Crippen LogP contribution in [0.3, 0.4) is 0 Å². The Labute approximate surface area is 78.7 Å². The molecule has 1 heterocycles. The summed E-state index contributed by atoms with van der Waals surface area (Å²) in [5.41, 5.74) is 0. The highest BCUT2D eigenvalue weighted by Crippen LogP contribution is 2.34. The minimum absolute atomic E-state index is 0.347. The zero-order valence-electron chi connectivity index (χ0n) is 7.08. The van der Waals surface area contributed by atoms with Crippen molar-refractivity contribution in [2.24, 2.45) is 11.8 Å². The Morgan fingerprint density at radius 3 is 2.79 bits per heavy atom. The molecule has 0 bridgehead atoms. The number of carbonyl (C=O) groups excluding carboxylic acids is 2. The molecule has 1 aliphatic carbocycles. The van der Waals surface area contributed by atoms with Crippen LogP contribution in [0.25, 0.3) is 0 Å². The van der Waals surface area contributed by atoms with E-state index in [0.29, 0.717) is 6.42 Å². The van der Waals surface area contributed by atoms with E-state index in [4.69, 9.17) is 0 Å². The van der Waals surface area contributed by atoms with Crippen molar-refractivity contribution >= 4 is 11.9 Å². The largest absolute Gasteiger partial charge is 0.392 e. The van der Waals surface area contributed by atoms with E-state index < -0.39 is 34.7 Å². The number of hydrogen-bond donors (Lipinski definition) is 0. The fourth-order valence-electron chi connectivity index (χ4n) is 1.86. The summed E-state index contributed by atoms with van der Waals surface area (Å²) in [5, 5.41) is 10.6. The standard InChI is InChI=1S/C8H7NO5/c10-7-4-2-1-3-5(9(12)13)6(4)8(11)14-7/h1,3-6H,2H2. The topological polar surface area (TPSA) is 86.5 Å². The van der Waals surface area contributed by atoms with Crippen molar-refractivity contribution in [2.75, 3.05) is 0 Å². The van der Waals surface area contributed by atoms with Gasteiger partial charge in [-0.05, 0) is 12.5 Å². The molecule has 6 nitrogen and oxygen atoms in total. The van der Waals surface area contributed by atoms with Crippen LogP contribution in [0.2, 0.25) is 0 Å². The molecule has 0 amide bonds. The molecule has 0 spiro atoms. The number of ether oxygens (including phenoxy) is 1. The molecule has 6 heteroatoms. The lowest BCUT2D eigenvalue weighted by atomic mass is 9.82. The van der Waals surface area contributed by atoms with E-state index >= 15 is 0 Å². The van der Waals surface area contributed by atoms with Gasteiger partial charge in [-0.2, -0.15) is 0 Å². The second-order valence-corrected chi connectivity index (χ2v) is 3.31. The lowest BCUT2D eigenvalue weighted by molar-refractivity contribution is -0.517. The fraction of sp³-hybridized carbons (Fsp3) is 0.500. The summed E-state index contributed by atoms with van der Waals surface area (Å²) in [7, 11) is 0. The molecule has 0 aromatic rings. The molecule has 2 rings (SSSR count). The number of allylic oxidation sites excluding steroid dienone is 1. The summed E-state index contributed by atoms with van der Waals surface area (Å²) in [5.74, 6) is -3.01. The van der Waals surface area contributed by atoms with Gasteiger partial charge in [-0.25, -0.2) is 0 Å². The number of rotatable bonds is 1. The third kappa shape index (κ3) is 1.11.